The van der Waals surface area contributed by atoms with Crippen molar-refractivity contribution in [2.45, 2.75) is 63.4 Å². The van der Waals surface area contributed by atoms with Gasteiger partial charge in [0.25, 0.3) is 0 Å². The van der Waals surface area contributed by atoms with Crippen molar-refractivity contribution in [1.29, 1.82) is 0 Å². The molecule has 1 N–H and O–H groups in total. The minimum absolute atomic E-state index is 0.0181. The first-order valence-corrected chi connectivity index (χ1v) is 12.0. The molecule has 0 aliphatic carbocycles. The molecule has 0 amide bonds. The topological polar surface area (TPSA) is 81.7 Å². The number of benzene rings is 1. The van der Waals surface area contributed by atoms with Crippen molar-refractivity contribution < 1.29 is 35.9 Å². The Morgan fingerprint density at radius 3 is 2.25 bits per heavy atom. The molecule has 1 aromatic rings. The Balaban J connectivity index is 3.79. The summed E-state index contributed by atoms with van der Waals surface area (Å²) in [6.07, 6.45) is 0.636. The number of ether oxygens (including phenoxy) is 2. The summed E-state index contributed by atoms with van der Waals surface area (Å²) in [6, 6.07) is 3.24. The maximum atomic E-state index is 16.2. The fraction of sp³-hybridized carbons (Fsp3) is 0.571. The Bertz CT molecular complexity index is 961. The van der Waals surface area contributed by atoms with Crippen LogP contribution in [0.1, 0.15) is 47.1 Å². The summed E-state index contributed by atoms with van der Waals surface area (Å²) in [4.78, 5) is 11.7. The Morgan fingerprint density at radius 2 is 1.78 bits per heavy atom. The number of nitrogens with one attached hydrogen (secondary N) is 1. The molecule has 0 aromatic heterocycles. The molecule has 0 spiro atoms. The molecule has 1 rings (SSSR count). The molecule has 0 radical (unpaired) electrons. The Kier molecular flexibility index (Phi) is 8.78. The number of carbonyl (C=O) groups is 1. The van der Waals surface area contributed by atoms with Gasteiger partial charge in [-0.3, -0.25) is 0 Å². The number of carbonyl (C=O) groups excluding carboxylic acids is 1. The first kappa shape index (κ1) is 28.6. The third-order valence-corrected chi connectivity index (χ3v) is 7.56. The summed E-state index contributed by atoms with van der Waals surface area (Å²) in [5.41, 5.74) is -6.11. The molecule has 0 aliphatic heterocycles. The first-order valence-electron chi connectivity index (χ1n) is 9.68. The molecule has 0 fully saturated rings. The highest BCUT2D eigenvalue weighted by molar-refractivity contribution is 9.10. The second kappa shape index (κ2) is 9.82. The van der Waals surface area contributed by atoms with Crippen molar-refractivity contribution in [2.24, 2.45) is 0 Å². The zero-order valence-corrected chi connectivity index (χ0v) is 21.3. The molecule has 32 heavy (non-hydrogen) atoms. The zero-order valence-electron chi connectivity index (χ0n) is 18.9. The summed E-state index contributed by atoms with van der Waals surface area (Å²) >= 11 is 3.11. The highest BCUT2D eigenvalue weighted by atomic mass is 79.9. The third kappa shape index (κ3) is 5.55. The van der Waals surface area contributed by atoms with Crippen LogP contribution >= 0.6 is 15.9 Å². The average Bonchev–Trinajstić information content (AvgIpc) is 2.65. The normalized spacial score (nSPS) is 15.2. The summed E-state index contributed by atoms with van der Waals surface area (Å²) in [7, 11) is -4.46. The van der Waals surface area contributed by atoms with Crippen LogP contribution in [0.4, 0.5) is 13.2 Å². The number of alkyl halides is 2. The molecule has 0 heterocycles. The van der Waals surface area contributed by atoms with E-state index in [1.54, 1.807) is 0 Å². The fourth-order valence-electron chi connectivity index (χ4n) is 2.74. The van der Waals surface area contributed by atoms with Gasteiger partial charge >= 0.3 is 11.9 Å². The zero-order chi connectivity index (χ0) is 25.2. The van der Waals surface area contributed by atoms with Gasteiger partial charge in [0.1, 0.15) is 23.6 Å². The van der Waals surface area contributed by atoms with E-state index in [2.05, 4.69) is 22.5 Å². The lowest BCUT2D eigenvalue weighted by molar-refractivity contribution is -0.225. The van der Waals surface area contributed by atoms with Crippen LogP contribution in [0.15, 0.2) is 35.3 Å². The van der Waals surface area contributed by atoms with Gasteiger partial charge in [-0.25, -0.2) is 26.4 Å². The molecule has 0 aliphatic rings. The molecule has 0 bridgehead atoms. The van der Waals surface area contributed by atoms with Crippen LogP contribution < -0.4 is 4.72 Å². The van der Waals surface area contributed by atoms with Gasteiger partial charge in [-0.1, -0.05) is 22.0 Å². The van der Waals surface area contributed by atoms with Crippen molar-refractivity contribution >= 4 is 31.9 Å². The highest BCUT2D eigenvalue weighted by Crippen LogP contribution is 2.49. The van der Waals surface area contributed by atoms with Crippen LogP contribution in [0, 0.1) is 5.82 Å². The van der Waals surface area contributed by atoms with Crippen LogP contribution in [0.2, 0.25) is 0 Å². The lowest BCUT2D eigenvalue weighted by Gasteiger charge is -2.47. The molecule has 0 saturated heterocycles. The van der Waals surface area contributed by atoms with E-state index in [0.717, 1.165) is 26.0 Å². The van der Waals surface area contributed by atoms with Crippen molar-refractivity contribution in [3.05, 3.63) is 46.7 Å². The lowest BCUT2D eigenvalue weighted by Crippen LogP contribution is -2.67. The molecule has 6 nitrogen and oxygen atoms in total. The summed E-state index contributed by atoms with van der Waals surface area (Å²) in [5, 5.41) is 0. The summed E-state index contributed by atoms with van der Waals surface area (Å²) in [6.45, 7) is 10.00. The maximum Gasteiger partial charge on any atom is 0.332 e. The number of rotatable bonds is 10. The smallest absolute Gasteiger partial charge is 0.332 e. The van der Waals surface area contributed by atoms with E-state index in [1.807, 2.05) is 4.72 Å². The van der Waals surface area contributed by atoms with Gasteiger partial charge in [-0.15, -0.1) is 6.58 Å². The standard InChI is InChI=1S/C21H29BrF3NO5S/c1-8-20(26-32(28,29)18(3,4)5,15-12-14(22)10-11-16(15)23)21(24,25)19(6,7)31-13-17(27)30-9-2/h8,10-12,26H,1,9,13H2,2-7H3. The van der Waals surface area contributed by atoms with Gasteiger partial charge in [0, 0.05) is 10.0 Å². The minimum atomic E-state index is -4.46. The van der Waals surface area contributed by atoms with E-state index in [9.17, 15) is 17.6 Å². The molecule has 1 atom stereocenters. The SMILES string of the molecule is C=CC(NS(=O)(=O)C(C)(C)C)(c1cc(Br)ccc1F)C(F)(F)C(C)(C)OCC(=O)OCC. The fourth-order valence-corrected chi connectivity index (χ4v) is 4.15. The Hall–Kier alpha value is -1.43. The van der Waals surface area contributed by atoms with Gasteiger partial charge in [-0.05, 0) is 59.7 Å². The molecule has 11 heteroatoms. The Morgan fingerprint density at radius 1 is 1.22 bits per heavy atom. The van der Waals surface area contributed by atoms with Crippen LogP contribution in [0.25, 0.3) is 0 Å². The van der Waals surface area contributed by atoms with E-state index >= 15 is 8.78 Å². The molecular weight excluding hydrogens is 515 g/mol. The lowest BCUT2D eigenvalue weighted by atomic mass is 9.77. The van der Waals surface area contributed by atoms with Crippen molar-refractivity contribution in [3.8, 4) is 0 Å². The molecule has 1 aromatic carbocycles. The van der Waals surface area contributed by atoms with E-state index in [1.165, 1.54) is 33.8 Å². The van der Waals surface area contributed by atoms with E-state index in [-0.39, 0.29) is 11.1 Å². The molecule has 1 unspecified atom stereocenters. The first-order chi connectivity index (χ1) is 14.4. The summed E-state index contributed by atoms with van der Waals surface area (Å²) in [5.74, 6) is -6.12. The largest absolute Gasteiger partial charge is 0.464 e. The van der Waals surface area contributed by atoms with Crippen LogP contribution in [-0.4, -0.2) is 43.9 Å². The second-order valence-electron chi connectivity index (χ2n) is 8.53. The number of hydrogen-bond donors (Lipinski definition) is 1. The number of hydrogen-bond acceptors (Lipinski definition) is 5. The molecule has 0 saturated carbocycles. The number of sulfonamides is 1. The van der Waals surface area contributed by atoms with Crippen LogP contribution in [-0.2, 0) is 29.8 Å². The number of halogens is 4. The third-order valence-electron chi connectivity index (χ3n) is 4.87. The van der Waals surface area contributed by atoms with Crippen molar-refractivity contribution in [1.82, 2.24) is 4.72 Å². The quantitative estimate of drug-likeness (QED) is 0.342. The maximum absolute atomic E-state index is 16.2. The average molecular weight is 544 g/mol. The summed E-state index contributed by atoms with van der Waals surface area (Å²) < 4.78 is 83.9. The predicted molar refractivity (Wildman–Crippen MR) is 119 cm³/mol. The Labute approximate surface area is 195 Å². The highest BCUT2D eigenvalue weighted by Gasteiger charge is 2.65. The van der Waals surface area contributed by atoms with Crippen LogP contribution in [0.5, 0.6) is 0 Å². The van der Waals surface area contributed by atoms with Gasteiger partial charge in [0.2, 0.25) is 10.0 Å². The van der Waals surface area contributed by atoms with Crippen molar-refractivity contribution in [3.63, 3.8) is 0 Å². The molecule has 182 valence electrons. The number of esters is 1. The predicted octanol–water partition coefficient (Wildman–Crippen LogP) is 4.68. The minimum Gasteiger partial charge on any atom is -0.464 e. The molecular formula is C21H29BrF3NO5S. The second-order valence-corrected chi connectivity index (χ2v) is 11.9. The van der Waals surface area contributed by atoms with E-state index < -0.39 is 55.8 Å². The van der Waals surface area contributed by atoms with Crippen LogP contribution in [0.3, 0.4) is 0 Å². The van der Waals surface area contributed by atoms with Crippen molar-refractivity contribution in [2.75, 3.05) is 13.2 Å². The van der Waals surface area contributed by atoms with Gasteiger partial charge < -0.3 is 9.47 Å². The van der Waals surface area contributed by atoms with Gasteiger partial charge in [0.15, 0.2) is 0 Å². The van der Waals surface area contributed by atoms with E-state index in [4.69, 9.17) is 9.47 Å². The van der Waals surface area contributed by atoms with Gasteiger partial charge in [0.05, 0.1) is 11.4 Å². The van der Waals surface area contributed by atoms with E-state index in [0.29, 0.717) is 6.08 Å². The monoisotopic (exact) mass is 543 g/mol. The van der Waals surface area contributed by atoms with Gasteiger partial charge in [-0.2, -0.15) is 4.72 Å².